The van der Waals surface area contributed by atoms with E-state index in [1.807, 2.05) is 48.5 Å². The van der Waals surface area contributed by atoms with Gasteiger partial charge >= 0.3 is 0 Å². The van der Waals surface area contributed by atoms with Gasteiger partial charge in [-0.15, -0.1) is 11.3 Å². The summed E-state index contributed by atoms with van der Waals surface area (Å²) in [6, 6.07) is 22.4. The lowest BCUT2D eigenvalue weighted by Gasteiger charge is -2.09. The van der Waals surface area contributed by atoms with Crippen LogP contribution in [0.25, 0.3) is 10.1 Å². The van der Waals surface area contributed by atoms with Crippen LogP contribution in [0.5, 0.6) is 5.75 Å². The standard InChI is InChI=1S/C25H21ClN2O3S/c1-31-19-11-12-20-21(15-19)32-24(23(20)26)25(30)28-18-9-5-8-17(14-18)27-22(29)13-10-16-6-3-2-4-7-16/h2-9,11-12,14-15H,10,13H2,1H3,(H,27,29)(H,28,30). The molecule has 0 spiro atoms. The molecule has 32 heavy (non-hydrogen) atoms. The molecule has 0 aliphatic heterocycles. The van der Waals surface area contributed by atoms with Crippen LogP contribution in [0.4, 0.5) is 11.4 Å². The molecule has 4 rings (SSSR count). The van der Waals surface area contributed by atoms with E-state index in [2.05, 4.69) is 10.6 Å². The summed E-state index contributed by atoms with van der Waals surface area (Å²) in [5.41, 5.74) is 2.30. The van der Waals surface area contributed by atoms with E-state index < -0.39 is 0 Å². The van der Waals surface area contributed by atoms with Gasteiger partial charge in [-0.05, 0) is 48.4 Å². The number of rotatable bonds is 7. The maximum atomic E-state index is 12.8. The van der Waals surface area contributed by atoms with E-state index in [0.717, 1.165) is 15.6 Å². The van der Waals surface area contributed by atoms with Crippen molar-refractivity contribution in [2.75, 3.05) is 17.7 Å². The van der Waals surface area contributed by atoms with Gasteiger partial charge in [0.25, 0.3) is 5.91 Å². The summed E-state index contributed by atoms with van der Waals surface area (Å²) in [5, 5.41) is 6.97. The molecule has 4 aromatic rings. The fourth-order valence-corrected chi connectivity index (χ4v) is 4.75. The zero-order valence-corrected chi connectivity index (χ0v) is 18.9. The molecule has 5 nitrogen and oxygen atoms in total. The van der Waals surface area contributed by atoms with Crippen molar-refractivity contribution in [1.29, 1.82) is 0 Å². The molecule has 2 amide bonds. The number of carbonyl (C=O) groups is 2. The molecular weight excluding hydrogens is 444 g/mol. The van der Waals surface area contributed by atoms with Gasteiger partial charge in [-0.3, -0.25) is 9.59 Å². The summed E-state index contributed by atoms with van der Waals surface area (Å²) in [5.74, 6) is 0.319. The summed E-state index contributed by atoms with van der Waals surface area (Å²) in [7, 11) is 1.59. The van der Waals surface area contributed by atoms with Crippen molar-refractivity contribution in [3.63, 3.8) is 0 Å². The maximum Gasteiger partial charge on any atom is 0.267 e. The van der Waals surface area contributed by atoms with Gasteiger partial charge in [0, 0.05) is 27.9 Å². The predicted molar refractivity (Wildman–Crippen MR) is 131 cm³/mol. The minimum Gasteiger partial charge on any atom is -0.497 e. The molecular formula is C25H21ClN2O3S. The summed E-state index contributed by atoms with van der Waals surface area (Å²) in [6.45, 7) is 0. The number of methoxy groups -OCH3 is 1. The molecule has 1 heterocycles. The largest absolute Gasteiger partial charge is 0.497 e. The van der Waals surface area contributed by atoms with Gasteiger partial charge in [0.15, 0.2) is 0 Å². The number of aryl methyl sites for hydroxylation is 1. The molecule has 0 unspecified atom stereocenters. The van der Waals surface area contributed by atoms with Gasteiger partial charge in [-0.1, -0.05) is 48.0 Å². The summed E-state index contributed by atoms with van der Waals surface area (Å²) in [6.07, 6.45) is 1.04. The van der Waals surface area contributed by atoms with Crippen LogP contribution >= 0.6 is 22.9 Å². The number of amides is 2. The lowest BCUT2D eigenvalue weighted by Crippen LogP contribution is -2.13. The van der Waals surface area contributed by atoms with Crippen molar-refractivity contribution in [2.24, 2.45) is 0 Å². The number of halogens is 1. The zero-order chi connectivity index (χ0) is 22.5. The first kappa shape index (κ1) is 21.9. The second-order valence-corrected chi connectivity index (χ2v) is 8.61. The van der Waals surface area contributed by atoms with Crippen LogP contribution in [-0.4, -0.2) is 18.9 Å². The van der Waals surface area contributed by atoms with E-state index in [4.69, 9.17) is 16.3 Å². The number of ether oxygens (including phenoxy) is 1. The number of hydrogen-bond acceptors (Lipinski definition) is 4. The van der Waals surface area contributed by atoms with Gasteiger partial charge in [0.1, 0.15) is 10.6 Å². The summed E-state index contributed by atoms with van der Waals surface area (Å²) in [4.78, 5) is 25.6. The van der Waals surface area contributed by atoms with E-state index in [1.54, 1.807) is 31.4 Å². The third kappa shape index (κ3) is 5.10. The molecule has 1 aromatic heterocycles. The Kier molecular flexibility index (Phi) is 6.73. The molecule has 0 atom stereocenters. The molecule has 162 valence electrons. The van der Waals surface area contributed by atoms with E-state index in [1.165, 1.54) is 11.3 Å². The normalized spacial score (nSPS) is 10.7. The third-order valence-corrected chi connectivity index (χ3v) is 6.59. The van der Waals surface area contributed by atoms with Crippen molar-refractivity contribution in [1.82, 2.24) is 0 Å². The lowest BCUT2D eigenvalue weighted by atomic mass is 10.1. The topological polar surface area (TPSA) is 67.4 Å². The van der Waals surface area contributed by atoms with Crippen LogP contribution in [0.15, 0.2) is 72.8 Å². The monoisotopic (exact) mass is 464 g/mol. The minimum atomic E-state index is -0.303. The van der Waals surface area contributed by atoms with Gasteiger partial charge in [0.2, 0.25) is 5.91 Å². The van der Waals surface area contributed by atoms with Gasteiger partial charge in [-0.2, -0.15) is 0 Å². The Balaban J connectivity index is 1.42. The fraction of sp³-hybridized carbons (Fsp3) is 0.120. The number of nitrogens with one attached hydrogen (secondary N) is 2. The molecule has 3 aromatic carbocycles. The number of carbonyl (C=O) groups excluding carboxylic acids is 2. The quantitative estimate of drug-likeness (QED) is 0.333. The second-order valence-electron chi connectivity index (χ2n) is 7.18. The molecule has 0 aliphatic carbocycles. The number of fused-ring (bicyclic) bond motifs is 1. The lowest BCUT2D eigenvalue weighted by molar-refractivity contribution is -0.116. The van der Waals surface area contributed by atoms with E-state index in [0.29, 0.717) is 39.9 Å². The van der Waals surface area contributed by atoms with Crippen LogP contribution in [0.1, 0.15) is 21.7 Å². The number of thiophene rings is 1. The Labute approximate surface area is 195 Å². The van der Waals surface area contributed by atoms with Crippen molar-refractivity contribution < 1.29 is 14.3 Å². The molecule has 2 N–H and O–H groups in total. The fourth-order valence-electron chi connectivity index (χ4n) is 3.31. The highest BCUT2D eigenvalue weighted by Crippen LogP contribution is 2.37. The van der Waals surface area contributed by atoms with Crippen LogP contribution in [0, 0.1) is 0 Å². The van der Waals surface area contributed by atoms with Gasteiger partial charge in [0.05, 0.1) is 12.1 Å². The predicted octanol–water partition coefficient (Wildman–Crippen LogP) is 6.39. The SMILES string of the molecule is COc1ccc2c(Cl)c(C(=O)Nc3cccc(NC(=O)CCc4ccccc4)c3)sc2c1. The van der Waals surface area contributed by atoms with Gasteiger partial charge in [-0.25, -0.2) is 0 Å². The Morgan fingerprint density at radius 2 is 1.69 bits per heavy atom. The highest BCUT2D eigenvalue weighted by molar-refractivity contribution is 7.21. The average molecular weight is 465 g/mol. The van der Waals surface area contributed by atoms with Crippen LogP contribution in [0.2, 0.25) is 5.02 Å². The van der Waals surface area contributed by atoms with Crippen molar-refractivity contribution in [3.05, 3.63) is 88.3 Å². The van der Waals surface area contributed by atoms with Crippen LogP contribution in [0.3, 0.4) is 0 Å². The Hall–Kier alpha value is -3.35. The van der Waals surface area contributed by atoms with Crippen LogP contribution < -0.4 is 15.4 Å². The van der Waals surface area contributed by atoms with Crippen molar-refractivity contribution >= 4 is 56.2 Å². The molecule has 0 bridgehead atoms. The Morgan fingerprint density at radius 1 is 0.938 bits per heavy atom. The third-order valence-electron chi connectivity index (χ3n) is 4.93. The van der Waals surface area contributed by atoms with Crippen LogP contribution in [-0.2, 0) is 11.2 Å². The van der Waals surface area contributed by atoms with Crippen molar-refractivity contribution in [2.45, 2.75) is 12.8 Å². The Morgan fingerprint density at radius 3 is 2.44 bits per heavy atom. The van der Waals surface area contributed by atoms with Crippen molar-refractivity contribution in [3.8, 4) is 5.75 Å². The molecule has 0 saturated carbocycles. The smallest absolute Gasteiger partial charge is 0.267 e. The molecule has 0 radical (unpaired) electrons. The number of hydrogen-bond donors (Lipinski definition) is 2. The second kappa shape index (κ2) is 9.85. The zero-order valence-electron chi connectivity index (χ0n) is 17.4. The number of anilines is 2. The molecule has 0 aliphatic rings. The van der Waals surface area contributed by atoms with E-state index in [-0.39, 0.29) is 11.8 Å². The minimum absolute atomic E-state index is 0.0844. The molecule has 0 saturated heterocycles. The van der Waals surface area contributed by atoms with E-state index in [9.17, 15) is 9.59 Å². The first-order valence-electron chi connectivity index (χ1n) is 10.0. The average Bonchev–Trinajstić information content (AvgIpc) is 3.14. The first-order valence-corrected chi connectivity index (χ1v) is 11.2. The number of benzene rings is 3. The summed E-state index contributed by atoms with van der Waals surface area (Å²) < 4.78 is 6.12. The molecule has 0 fully saturated rings. The highest BCUT2D eigenvalue weighted by Gasteiger charge is 2.18. The van der Waals surface area contributed by atoms with E-state index >= 15 is 0 Å². The summed E-state index contributed by atoms with van der Waals surface area (Å²) >= 11 is 7.76. The maximum absolute atomic E-state index is 12.8. The highest BCUT2D eigenvalue weighted by atomic mass is 35.5. The Bertz CT molecular complexity index is 1270. The van der Waals surface area contributed by atoms with Gasteiger partial charge < -0.3 is 15.4 Å². The molecule has 7 heteroatoms. The first-order chi connectivity index (χ1) is 15.5.